The summed E-state index contributed by atoms with van der Waals surface area (Å²) in [6.07, 6.45) is 5.97. The van der Waals surface area contributed by atoms with Gasteiger partial charge in [-0.05, 0) is 38.7 Å². The van der Waals surface area contributed by atoms with Gasteiger partial charge in [-0.3, -0.25) is 10.1 Å². The summed E-state index contributed by atoms with van der Waals surface area (Å²) in [5, 5.41) is 14.3. The number of rotatable bonds is 7. The summed E-state index contributed by atoms with van der Waals surface area (Å²) in [7, 11) is -0.719. The molecule has 2 aliphatic heterocycles. The van der Waals surface area contributed by atoms with Crippen molar-refractivity contribution in [3.63, 3.8) is 0 Å². The largest absolute Gasteiger partial charge is 0.487 e. The first-order valence-corrected chi connectivity index (χ1v) is 13.3. The van der Waals surface area contributed by atoms with Crippen molar-refractivity contribution in [2.24, 2.45) is 0 Å². The van der Waals surface area contributed by atoms with Crippen molar-refractivity contribution in [1.29, 1.82) is 0 Å². The number of carbonyl (C=O) groups excluding carboxylic acids is 1. The van der Waals surface area contributed by atoms with Crippen LogP contribution < -0.4 is 10.1 Å². The van der Waals surface area contributed by atoms with Crippen molar-refractivity contribution >= 4 is 21.8 Å². The van der Waals surface area contributed by atoms with Gasteiger partial charge in [0.2, 0.25) is 0 Å². The van der Waals surface area contributed by atoms with Gasteiger partial charge in [0, 0.05) is 35.3 Å². The second kappa shape index (κ2) is 9.22. The number of fused-ring (bicyclic) bond motifs is 1. The van der Waals surface area contributed by atoms with Crippen LogP contribution in [-0.4, -0.2) is 73.8 Å². The number of nitrogens with zero attached hydrogens (tertiary/aromatic N) is 1. The summed E-state index contributed by atoms with van der Waals surface area (Å²) < 4.78 is 22.5. The number of nitro benzene ring substituents is 1. The molecule has 0 atom stereocenters. The first-order chi connectivity index (χ1) is 14.4. The van der Waals surface area contributed by atoms with E-state index in [-0.39, 0.29) is 41.9 Å². The number of amides is 1. The van der Waals surface area contributed by atoms with Gasteiger partial charge in [-0.15, -0.1) is 0 Å². The van der Waals surface area contributed by atoms with E-state index in [9.17, 15) is 14.9 Å². The number of ether oxygens (including phenoxy) is 4. The molecule has 1 fully saturated rings. The first-order valence-electron chi connectivity index (χ1n) is 10.2. The highest BCUT2D eigenvalue weighted by Gasteiger charge is 2.36. The molecule has 0 unspecified atom stereocenters. The van der Waals surface area contributed by atoms with Crippen molar-refractivity contribution in [3.05, 3.63) is 33.4 Å². The molecule has 2 aliphatic rings. The van der Waals surface area contributed by atoms with E-state index >= 15 is 0 Å². The van der Waals surface area contributed by atoms with E-state index in [0.717, 1.165) is 11.3 Å². The van der Waals surface area contributed by atoms with Crippen LogP contribution in [0.3, 0.4) is 0 Å². The summed E-state index contributed by atoms with van der Waals surface area (Å²) in [6, 6.07) is 3.34. The maximum Gasteiger partial charge on any atom is 0.407 e. The van der Waals surface area contributed by atoms with Crippen LogP contribution in [0.5, 0.6) is 5.75 Å². The van der Waals surface area contributed by atoms with Gasteiger partial charge in [0.05, 0.1) is 24.7 Å². The van der Waals surface area contributed by atoms with Crippen molar-refractivity contribution in [3.8, 4) is 5.75 Å². The van der Waals surface area contributed by atoms with Gasteiger partial charge in [-0.2, -0.15) is 0 Å². The molecule has 1 aromatic carbocycles. The van der Waals surface area contributed by atoms with Crippen molar-refractivity contribution < 1.29 is 28.7 Å². The van der Waals surface area contributed by atoms with Crippen LogP contribution in [0.1, 0.15) is 30.9 Å². The minimum Gasteiger partial charge on any atom is -0.487 e. The van der Waals surface area contributed by atoms with Gasteiger partial charge in [-0.25, -0.2) is 14.8 Å². The van der Waals surface area contributed by atoms with Crippen molar-refractivity contribution in [2.45, 2.75) is 38.1 Å². The fourth-order valence-corrected chi connectivity index (χ4v) is 4.16. The van der Waals surface area contributed by atoms with Crippen LogP contribution in [0, 0.1) is 10.1 Å². The van der Waals surface area contributed by atoms with E-state index < -0.39 is 22.4 Å². The Morgan fingerprint density at radius 3 is 2.58 bits per heavy atom. The molecule has 2 heterocycles. The highest BCUT2D eigenvalue weighted by Crippen LogP contribution is 2.41. The molecule has 0 aromatic heterocycles. The van der Waals surface area contributed by atoms with E-state index in [1.807, 2.05) is 13.8 Å². The van der Waals surface area contributed by atoms with Crippen LogP contribution in [0.4, 0.5) is 10.5 Å². The van der Waals surface area contributed by atoms with Gasteiger partial charge in [0.25, 0.3) is 5.69 Å². The third-order valence-corrected chi connectivity index (χ3v) is 6.55. The normalized spacial score (nSPS) is 22.9. The molecule has 0 spiro atoms. The van der Waals surface area contributed by atoms with Crippen LogP contribution in [0.15, 0.2) is 12.1 Å². The van der Waals surface area contributed by atoms with E-state index in [4.69, 9.17) is 18.9 Å². The number of hydrogen-bond acceptors (Lipinski definition) is 7. The lowest BCUT2D eigenvalue weighted by molar-refractivity contribution is -0.386. The molecule has 1 aromatic rings. The zero-order valence-electron chi connectivity index (χ0n) is 18.8. The minimum atomic E-state index is -0.719. The third-order valence-electron chi connectivity index (χ3n) is 5.16. The number of nitrogens with one attached hydrogen (secondary N) is 1. The van der Waals surface area contributed by atoms with E-state index in [0.29, 0.717) is 24.3 Å². The molecular formula is C21H32N2O7S. The summed E-state index contributed by atoms with van der Waals surface area (Å²) in [4.78, 5) is 23.1. The lowest BCUT2D eigenvalue weighted by Gasteiger charge is -2.29. The lowest BCUT2D eigenvalue weighted by atomic mass is 9.94. The zero-order chi connectivity index (χ0) is 22.8. The molecule has 0 saturated carbocycles. The Labute approximate surface area is 184 Å². The summed E-state index contributed by atoms with van der Waals surface area (Å²) >= 11 is 0. The van der Waals surface area contributed by atoms with Crippen LogP contribution in [-0.2, 0) is 20.6 Å². The Kier molecular flexibility index (Phi) is 7.02. The minimum absolute atomic E-state index is 0.0541. The molecule has 0 radical (unpaired) electrons. The predicted molar refractivity (Wildman–Crippen MR) is 120 cm³/mol. The monoisotopic (exact) mass is 456 g/mol. The molecule has 1 N–H and O–H groups in total. The van der Waals surface area contributed by atoms with E-state index in [1.54, 1.807) is 12.1 Å². The SMILES string of the molecule is CC1(C)Cc2cc([N+](=O)[O-])c([C@H]3CO[C@H](CNC(=O)OCCS(C)(C)C)OC3)cc2O1. The molecule has 3 rings (SSSR count). The maximum atomic E-state index is 11.8. The summed E-state index contributed by atoms with van der Waals surface area (Å²) in [5.74, 6) is 1.23. The van der Waals surface area contributed by atoms with Crippen molar-refractivity contribution in [1.82, 2.24) is 5.32 Å². The Morgan fingerprint density at radius 1 is 1.29 bits per heavy atom. The van der Waals surface area contributed by atoms with Crippen LogP contribution in [0.2, 0.25) is 0 Å². The molecule has 1 amide bonds. The van der Waals surface area contributed by atoms with Crippen molar-refractivity contribution in [2.75, 3.05) is 50.9 Å². The third kappa shape index (κ3) is 6.47. The predicted octanol–water partition coefficient (Wildman–Crippen LogP) is 3.19. The Bertz CT molecular complexity index is 830. The van der Waals surface area contributed by atoms with Gasteiger partial charge >= 0.3 is 6.09 Å². The van der Waals surface area contributed by atoms with Gasteiger partial charge < -0.3 is 24.3 Å². The number of nitro groups is 1. The van der Waals surface area contributed by atoms with Crippen LogP contribution >= 0.6 is 10.0 Å². The van der Waals surface area contributed by atoms with Gasteiger partial charge in [-0.1, -0.05) is 0 Å². The van der Waals surface area contributed by atoms with Gasteiger partial charge in [0.15, 0.2) is 6.29 Å². The average Bonchev–Trinajstić information content (AvgIpc) is 2.97. The lowest BCUT2D eigenvalue weighted by Crippen LogP contribution is -2.40. The fourth-order valence-electron chi connectivity index (χ4n) is 3.58. The van der Waals surface area contributed by atoms with Gasteiger partial charge in [0.1, 0.15) is 18.0 Å². The highest BCUT2D eigenvalue weighted by molar-refractivity contribution is 8.32. The Balaban J connectivity index is 1.53. The smallest absolute Gasteiger partial charge is 0.407 e. The average molecular weight is 457 g/mol. The molecular weight excluding hydrogens is 424 g/mol. The quantitative estimate of drug-likeness (QED) is 0.496. The molecule has 0 bridgehead atoms. The molecule has 31 heavy (non-hydrogen) atoms. The second-order valence-electron chi connectivity index (χ2n) is 9.42. The summed E-state index contributed by atoms with van der Waals surface area (Å²) in [5.41, 5.74) is 1.05. The Morgan fingerprint density at radius 2 is 1.97 bits per heavy atom. The maximum absolute atomic E-state index is 11.8. The molecule has 174 valence electrons. The van der Waals surface area contributed by atoms with E-state index in [1.165, 1.54) is 0 Å². The molecule has 10 heteroatoms. The number of carbonyl (C=O) groups is 1. The number of alkyl carbamates (subject to hydrolysis) is 1. The molecule has 1 saturated heterocycles. The second-order valence-corrected chi connectivity index (χ2v) is 14.0. The fraction of sp³-hybridized carbons (Fsp3) is 0.667. The topological polar surface area (TPSA) is 109 Å². The number of benzene rings is 1. The summed E-state index contributed by atoms with van der Waals surface area (Å²) in [6.45, 7) is 4.93. The first kappa shape index (κ1) is 23.6. The standard InChI is InChI=1S/C21H32N2O7S/c1-21(2)10-14-8-17(23(25)26)16(9-18(14)30-21)15-12-28-19(29-13-15)11-22-20(24)27-6-7-31(3,4)5/h8-9,15,19H,6-7,10-13H2,1-5H3,(H,22,24)/t15-,19-. The van der Waals surface area contributed by atoms with Crippen LogP contribution in [0.25, 0.3) is 0 Å². The number of hydrogen-bond donors (Lipinski definition) is 1. The molecule has 9 nitrogen and oxygen atoms in total. The molecule has 0 aliphatic carbocycles. The van der Waals surface area contributed by atoms with E-state index in [2.05, 4.69) is 24.1 Å². The highest BCUT2D eigenvalue weighted by atomic mass is 32.3. The zero-order valence-corrected chi connectivity index (χ0v) is 19.6. The Hall–Kier alpha value is -2.04.